The highest BCUT2D eigenvalue weighted by Crippen LogP contribution is 2.38. The number of H-pyrrole nitrogens is 1. The maximum absolute atomic E-state index is 14.3. The van der Waals surface area contributed by atoms with E-state index in [9.17, 15) is 8.78 Å². The molecule has 0 spiro atoms. The Morgan fingerprint density at radius 2 is 1.93 bits per heavy atom. The number of rotatable bonds is 4. The Balaban J connectivity index is 1.39. The minimum Gasteiger partial charge on any atom is -0.454 e. The van der Waals surface area contributed by atoms with Gasteiger partial charge in [0.15, 0.2) is 11.5 Å². The number of hydrogen-bond donors (Lipinski definition) is 1. The number of piperidine rings is 1. The summed E-state index contributed by atoms with van der Waals surface area (Å²) in [6.07, 6.45) is 3.45. The molecule has 1 fully saturated rings. The molecule has 5 rings (SSSR count). The van der Waals surface area contributed by atoms with Crippen LogP contribution in [0.5, 0.6) is 11.5 Å². The second-order valence-electron chi connectivity index (χ2n) is 7.52. The van der Waals surface area contributed by atoms with E-state index in [0.717, 1.165) is 55.2 Å². The summed E-state index contributed by atoms with van der Waals surface area (Å²) in [5.74, 6) is 0.566. The summed E-state index contributed by atoms with van der Waals surface area (Å²) in [6.45, 7) is 2.72. The first-order valence-corrected chi connectivity index (χ1v) is 9.78. The summed E-state index contributed by atoms with van der Waals surface area (Å²) in [7, 11) is 0. The molecule has 5 nitrogen and oxygen atoms in total. The Kier molecular flexibility index (Phi) is 4.67. The molecule has 1 aromatic heterocycles. The number of nitrogens with zero attached hydrogens (tertiary/aromatic N) is 2. The van der Waals surface area contributed by atoms with Gasteiger partial charge in [-0.2, -0.15) is 5.10 Å². The highest BCUT2D eigenvalue weighted by molar-refractivity contribution is 5.67. The Morgan fingerprint density at radius 1 is 1.10 bits per heavy atom. The zero-order chi connectivity index (χ0) is 19.8. The first kappa shape index (κ1) is 18.1. The minimum atomic E-state index is -0.572. The minimum absolute atomic E-state index is 0.0141. The van der Waals surface area contributed by atoms with Crippen LogP contribution in [0.25, 0.3) is 11.1 Å². The molecule has 0 aliphatic carbocycles. The molecule has 2 aromatic carbocycles. The number of para-hydroxylation sites is 1. The van der Waals surface area contributed by atoms with E-state index in [-0.39, 0.29) is 18.3 Å². The highest BCUT2D eigenvalue weighted by Gasteiger charge is 2.28. The summed E-state index contributed by atoms with van der Waals surface area (Å²) in [5.41, 5.74) is 2.37. The molecular formula is C22H21F2N3O2. The van der Waals surface area contributed by atoms with Gasteiger partial charge in [-0.05, 0) is 37.6 Å². The largest absolute Gasteiger partial charge is 0.454 e. The summed E-state index contributed by atoms with van der Waals surface area (Å²) < 4.78 is 39.8. The Morgan fingerprint density at radius 3 is 2.79 bits per heavy atom. The fourth-order valence-electron chi connectivity index (χ4n) is 4.35. The first-order chi connectivity index (χ1) is 14.2. The van der Waals surface area contributed by atoms with Crippen LogP contribution in [0, 0.1) is 11.6 Å². The average molecular weight is 397 g/mol. The number of ether oxygens (including phenoxy) is 2. The van der Waals surface area contributed by atoms with Gasteiger partial charge >= 0.3 is 0 Å². The van der Waals surface area contributed by atoms with E-state index in [0.29, 0.717) is 5.56 Å². The van der Waals surface area contributed by atoms with Crippen molar-refractivity contribution in [2.45, 2.75) is 25.3 Å². The van der Waals surface area contributed by atoms with E-state index in [1.165, 1.54) is 24.4 Å². The zero-order valence-corrected chi connectivity index (χ0v) is 15.8. The molecule has 2 aliphatic rings. The van der Waals surface area contributed by atoms with Gasteiger partial charge in [-0.25, -0.2) is 8.78 Å². The van der Waals surface area contributed by atoms with Crippen molar-refractivity contribution in [3.8, 4) is 22.6 Å². The van der Waals surface area contributed by atoms with Crippen LogP contribution in [0.15, 0.2) is 42.6 Å². The van der Waals surface area contributed by atoms with Crippen LogP contribution < -0.4 is 9.47 Å². The molecule has 29 heavy (non-hydrogen) atoms. The molecule has 1 atom stereocenters. The number of nitrogens with one attached hydrogen (secondary N) is 1. The molecule has 2 aliphatic heterocycles. The van der Waals surface area contributed by atoms with Crippen molar-refractivity contribution in [1.29, 1.82) is 0 Å². The van der Waals surface area contributed by atoms with Crippen LogP contribution in [0.2, 0.25) is 0 Å². The molecule has 0 amide bonds. The van der Waals surface area contributed by atoms with Crippen molar-refractivity contribution >= 4 is 0 Å². The van der Waals surface area contributed by atoms with E-state index < -0.39 is 11.6 Å². The van der Waals surface area contributed by atoms with Gasteiger partial charge in [0.2, 0.25) is 6.79 Å². The van der Waals surface area contributed by atoms with Gasteiger partial charge in [0.05, 0.1) is 11.8 Å². The van der Waals surface area contributed by atoms with Crippen molar-refractivity contribution < 1.29 is 18.3 Å². The quantitative estimate of drug-likeness (QED) is 0.706. The fourth-order valence-corrected chi connectivity index (χ4v) is 4.35. The van der Waals surface area contributed by atoms with E-state index >= 15 is 0 Å². The number of halogens is 2. The first-order valence-electron chi connectivity index (χ1n) is 9.78. The third-order valence-electron chi connectivity index (χ3n) is 5.69. The third-order valence-corrected chi connectivity index (χ3v) is 5.69. The molecular weight excluding hydrogens is 376 g/mol. The fraction of sp³-hybridized carbons (Fsp3) is 0.318. The maximum Gasteiger partial charge on any atom is 0.231 e. The van der Waals surface area contributed by atoms with Crippen LogP contribution in [0.1, 0.15) is 30.0 Å². The van der Waals surface area contributed by atoms with Crippen LogP contribution in [-0.2, 0) is 6.54 Å². The normalized spacial score (nSPS) is 18.9. The van der Waals surface area contributed by atoms with Gasteiger partial charge in [0, 0.05) is 35.8 Å². The molecule has 1 saturated heterocycles. The lowest BCUT2D eigenvalue weighted by Gasteiger charge is -2.33. The molecule has 1 N–H and O–H groups in total. The van der Waals surface area contributed by atoms with E-state index in [1.54, 1.807) is 0 Å². The molecule has 0 saturated carbocycles. The topological polar surface area (TPSA) is 50.4 Å². The predicted molar refractivity (Wildman–Crippen MR) is 104 cm³/mol. The SMILES string of the molecule is Fc1cccc(F)c1-c1cn[nH]c1C1CCCN(Cc2cccc3c2OCO3)C1. The molecule has 0 bridgehead atoms. The van der Waals surface area contributed by atoms with Gasteiger partial charge in [-0.15, -0.1) is 0 Å². The third kappa shape index (κ3) is 3.35. The average Bonchev–Trinajstić information content (AvgIpc) is 3.38. The predicted octanol–water partition coefficient (Wildman–Crippen LogP) is 4.46. The van der Waals surface area contributed by atoms with Crippen molar-refractivity contribution in [3.63, 3.8) is 0 Å². The number of aromatic amines is 1. The standard InChI is InChI=1S/C22H21F2N3O2/c23-17-6-2-7-18(24)20(17)16-10-25-26-21(16)14-5-3-9-27(11-14)12-15-4-1-8-19-22(15)29-13-28-19/h1-2,4,6-8,10,14H,3,5,9,11-13H2,(H,25,26). The molecule has 0 radical (unpaired) electrons. The Hall–Kier alpha value is -2.93. The van der Waals surface area contributed by atoms with E-state index in [4.69, 9.17) is 9.47 Å². The Labute approximate surface area is 167 Å². The summed E-state index contributed by atoms with van der Waals surface area (Å²) >= 11 is 0. The number of aromatic nitrogens is 2. The van der Waals surface area contributed by atoms with E-state index in [1.807, 2.05) is 18.2 Å². The molecule has 3 heterocycles. The lowest BCUT2D eigenvalue weighted by molar-refractivity contribution is 0.169. The summed E-state index contributed by atoms with van der Waals surface area (Å²) in [4.78, 5) is 2.34. The van der Waals surface area contributed by atoms with Crippen LogP contribution in [0.3, 0.4) is 0 Å². The Bertz CT molecular complexity index is 1020. The van der Waals surface area contributed by atoms with Crippen molar-refractivity contribution in [1.82, 2.24) is 15.1 Å². The van der Waals surface area contributed by atoms with Gasteiger partial charge in [-0.1, -0.05) is 18.2 Å². The monoisotopic (exact) mass is 397 g/mol. The van der Waals surface area contributed by atoms with Crippen LogP contribution in [0.4, 0.5) is 8.78 Å². The highest BCUT2D eigenvalue weighted by atomic mass is 19.1. The van der Waals surface area contributed by atoms with Gasteiger partial charge in [0.25, 0.3) is 0 Å². The molecule has 3 aromatic rings. The number of benzene rings is 2. The number of hydrogen-bond acceptors (Lipinski definition) is 4. The number of likely N-dealkylation sites (tertiary alicyclic amines) is 1. The van der Waals surface area contributed by atoms with Crippen molar-refractivity contribution in [3.05, 3.63) is 65.5 Å². The molecule has 1 unspecified atom stereocenters. The second-order valence-corrected chi connectivity index (χ2v) is 7.52. The van der Waals surface area contributed by atoms with Gasteiger partial charge < -0.3 is 9.47 Å². The van der Waals surface area contributed by atoms with Gasteiger partial charge in [-0.3, -0.25) is 10.00 Å². The maximum atomic E-state index is 14.3. The second kappa shape index (κ2) is 7.48. The summed E-state index contributed by atoms with van der Waals surface area (Å²) in [5, 5.41) is 7.10. The summed E-state index contributed by atoms with van der Waals surface area (Å²) in [6, 6.07) is 9.86. The van der Waals surface area contributed by atoms with Crippen LogP contribution >= 0.6 is 0 Å². The number of fused-ring (bicyclic) bond motifs is 1. The molecule has 150 valence electrons. The smallest absolute Gasteiger partial charge is 0.231 e. The van der Waals surface area contributed by atoms with Crippen LogP contribution in [-0.4, -0.2) is 35.0 Å². The van der Waals surface area contributed by atoms with Crippen molar-refractivity contribution in [2.75, 3.05) is 19.9 Å². The lowest BCUT2D eigenvalue weighted by atomic mass is 9.90. The van der Waals surface area contributed by atoms with Gasteiger partial charge in [0.1, 0.15) is 11.6 Å². The van der Waals surface area contributed by atoms with E-state index in [2.05, 4.69) is 15.1 Å². The molecule has 7 heteroatoms. The zero-order valence-electron chi connectivity index (χ0n) is 15.8. The lowest BCUT2D eigenvalue weighted by Crippen LogP contribution is -2.34. The van der Waals surface area contributed by atoms with Crippen molar-refractivity contribution in [2.24, 2.45) is 0 Å².